The van der Waals surface area contributed by atoms with Gasteiger partial charge in [0.1, 0.15) is 24.1 Å². The van der Waals surface area contributed by atoms with Crippen molar-refractivity contribution in [2.75, 3.05) is 6.79 Å². The van der Waals surface area contributed by atoms with E-state index in [1.54, 1.807) is 39.0 Å². The Balaban J connectivity index is 1.33. The van der Waals surface area contributed by atoms with Gasteiger partial charge in [0.15, 0.2) is 17.2 Å². The molecule has 0 bridgehead atoms. The Morgan fingerprint density at radius 3 is 2.50 bits per heavy atom. The van der Waals surface area contributed by atoms with Crippen LogP contribution in [0.3, 0.4) is 0 Å². The van der Waals surface area contributed by atoms with Gasteiger partial charge in [0, 0.05) is 36.4 Å². The maximum atomic E-state index is 14.6. The number of para-hydroxylation sites is 1. The average molecular weight is 707 g/mol. The minimum absolute atomic E-state index is 0.0553. The number of aromatic amines is 2. The van der Waals surface area contributed by atoms with E-state index >= 15 is 0 Å². The van der Waals surface area contributed by atoms with E-state index in [1.165, 1.54) is 0 Å². The molecule has 52 heavy (non-hydrogen) atoms. The number of benzene rings is 3. The molecule has 2 aromatic heterocycles. The number of H-pyrrole nitrogens is 2. The van der Waals surface area contributed by atoms with Crippen LogP contribution in [-0.2, 0) is 44.9 Å². The van der Waals surface area contributed by atoms with Gasteiger partial charge in [0.2, 0.25) is 12.7 Å². The first-order valence-electron chi connectivity index (χ1n) is 17.8. The minimum atomic E-state index is -1.02. The summed E-state index contributed by atoms with van der Waals surface area (Å²) in [6.07, 6.45) is 5.69. The van der Waals surface area contributed by atoms with Crippen molar-refractivity contribution in [1.82, 2.24) is 20.3 Å². The third-order valence-corrected chi connectivity index (χ3v) is 8.88. The number of imidazole rings is 1. The van der Waals surface area contributed by atoms with Crippen molar-refractivity contribution in [3.63, 3.8) is 0 Å². The van der Waals surface area contributed by atoms with E-state index in [9.17, 15) is 14.4 Å². The monoisotopic (exact) mass is 706 g/mol. The molecule has 1 aliphatic heterocycles. The number of aromatic nitrogens is 3. The Hall–Kier alpha value is -5.58. The fourth-order valence-corrected chi connectivity index (χ4v) is 6.28. The molecule has 11 nitrogen and oxygen atoms in total. The molecule has 0 aliphatic carbocycles. The van der Waals surface area contributed by atoms with Gasteiger partial charge in [-0.1, -0.05) is 74.4 Å². The molecule has 5 aromatic rings. The Bertz CT molecular complexity index is 2010. The SMILES string of the molecule is CCCCCc1nc(C(=O)OC(C)(C)C)c(CC(C(=O)N[C@@H](Cc2c[nH]c3ccccc23)C(=O)OCc2ccccc2)c2ccc3c(c2)OCO3)[nH]1. The van der Waals surface area contributed by atoms with Crippen molar-refractivity contribution in [2.45, 2.75) is 90.4 Å². The first-order valence-corrected chi connectivity index (χ1v) is 17.8. The van der Waals surface area contributed by atoms with E-state index in [4.69, 9.17) is 18.9 Å². The van der Waals surface area contributed by atoms with Gasteiger partial charge in [0.25, 0.3) is 0 Å². The van der Waals surface area contributed by atoms with E-state index in [0.717, 1.165) is 41.3 Å². The number of nitrogens with zero attached hydrogens (tertiary/aromatic N) is 1. The maximum Gasteiger partial charge on any atom is 0.359 e. The van der Waals surface area contributed by atoms with E-state index in [-0.39, 0.29) is 31.9 Å². The Kier molecular flexibility index (Phi) is 11.3. The molecule has 3 heterocycles. The molecule has 0 saturated heterocycles. The van der Waals surface area contributed by atoms with Crippen LogP contribution in [0, 0.1) is 0 Å². The number of fused-ring (bicyclic) bond motifs is 2. The second-order valence-corrected chi connectivity index (χ2v) is 14.1. The topological polar surface area (TPSA) is 145 Å². The lowest BCUT2D eigenvalue weighted by molar-refractivity contribution is -0.149. The van der Waals surface area contributed by atoms with Gasteiger partial charge in [-0.3, -0.25) is 4.79 Å². The summed E-state index contributed by atoms with van der Waals surface area (Å²) in [4.78, 5) is 53.2. The summed E-state index contributed by atoms with van der Waals surface area (Å²) in [5.74, 6) is -0.724. The number of amides is 1. The van der Waals surface area contributed by atoms with Crippen molar-refractivity contribution < 1.29 is 33.3 Å². The Labute approximate surface area is 303 Å². The molecular formula is C41H46N4O7. The highest BCUT2D eigenvalue weighted by Crippen LogP contribution is 2.36. The first-order chi connectivity index (χ1) is 25.1. The van der Waals surface area contributed by atoms with E-state index in [1.807, 2.05) is 60.8 Å². The predicted octanol–water partition coefficient (Wildman–Crippen LogP) is 7.10. The van der Waals surface area contributed by atoms with Gasteiger partial charge in [0.05, 0.1) is 11.6 Å². The highest BCUT2D eigenvalue weighted by molar-refractivity contribution is 5.92. The fourth-order valence-electron chi connectivity index (χ4n) is 6.28. The number of carbonyl (C=O) groups excluding carboxylic acids is 3. The summed E-state index contributed by atoms with van der Waals surface area (Å²) in [5.41, 5.74) is 3.07. The average Bonchev–Trinajstić information content (AvgIpc) is 3.87. The number of ether oxygens (including phenoxy) is 4. The van der Waals surface area contributed by atoms with Crippen molar-refractivity contribution in [3.8, 4) is 11.5 Å². The fraction of sp³-hybridized carbons (Fsp3) is 0.366. The molecule has 272 valence electrons. The second kappa shape index (κ2) is 16.2. The van der Waals surface area contributed by atoms with Crippen molar-refractivity contribution in [1.29, 1.82) is 0 Å². The normalized spacial score (nSPS) is 13.5. The summed E-state index contributed by atoms with van der Waals surface area (Å²) in [6.45, 7) is 7.64. The van der Waals surface area contributed by atoms with Gasteiger partial charge < -0.3 is 34.2 Å². The lowest BCUT2D eigenvalue weighted by Crippen LogP contribution is -2.45. The van der Waals surface area contributed by atoms with Gasteiger partial charge >= 0.3 is 11.9 Å². The predicted molar refractivity (Wildman–Crippen MR) is 196 cm³/mol. The molecule has 3 N–H and O–H groups in total. The minimum Gasteiger partial charge on any atom is -0.459 e. The van der Waals surface area contributed by atoms with Gasteiger partial charge in [-0.05, 0) is 62.1 Å². The largest absolute Gasteiger partial charge is 0.459 e. The number of unbranched alkanes of at least 4 members (excludes halogenated alkanes) is 2. The molecular weight excluding hydrogens is 660 g/mol. The molecule has 3 aromatic carbocycles. The summed E-state index contributed by atoms with van der Waals surface area (Å²) in [7, 11) is 0. The molecule has 1 unspecified atom stereocenters. The number of rotatable bonds is 15. The van der Waals surface area contributed by atoms with Crippen LogP contribution in [0.2, 0.25) is 0 Å². The zero-order valence-corrected chi connectivity index (χ0v) is 30.1. The van der Waals surface area contributed by atoms with Crippen LogP contribution in [0.5, 0.6) is 11.5 Å². The molecule has 0 saturated carbocycles. The van der Waals surface area contributed by atoms with Gasteiger partial charge in [-0.15, -0.1) is 0 Å². The molecule has 0 radical (unpaired) electrons. The lowest BCUT2D eigenvalue weighted by atomic mass is 9.91. The molecule has 1 amide bonds. The Morgan fingerprint density at radius 2 is 1.71 bits per heavy atom. The van der Waals surface area contributed by atoms with Crippen molar-refractivity contribution in [3.05, 3.63) is 113 Å². The van der Waals surface area contributed by atoms with Crippen LogP contribution >= 0.6 is 0 Å². The van der Waals surface area contributed by atoms with Crippen LogP contribution in [0.1, 0.15) is 91.6 Å². The van der Waals surface area contributed by atoms with Crippen LogP contribution in [0.25, 0.3) is 10.9 Å². The summed E-state index contributed by atoms with van der Waals surface area (Å²) in [6, 6.07) is 21.5. The quantitative estimate of drug-likeness (QED) is 0.0772. The molecule has 1 aliphatic rings. The Morgan fingerprint density at radius 1 is 0.942 bits per heavy atom. The van der Waals surface area contributed by atoms with E-state index < -0.39 is 35.4 Å². The first kappa shape index (κ1) is 36.2. The second-order valence-electron chi connectivity index (χ2n) is 14.1. The standard InChI is InChI=1S/C41H46N4O7/c1-5-6-8-17-36-43-32(37(45-36)40(48)52-41(2,3)4)22-30(27-18-19-34-35(21-27)51-25-50-34)38(46)44-33(39(47)49-24-26-13-9-7-10-14-26)20-28-23-42-31-16-12-11-15-29(28)31/h7,9-16,18-19,21,23,30,33,42H,5-6,8,17,20,22,24-25H2,1-4H3,(H,43,45)(H,44,46)/t30?,33-/m0/s1. The van der Waals surface area contributed by atoms with Crippen LogP contribution < -0.4 is 14.8 Å². The molecule has 0 spiro atoms. The number of hydrogen-bond donors (Lipinski definition) is 3. The zero-order valence-electron chi connectivity index (χ0n) is 30.1. The van der Waals surface area contributed by atoms with E-state index in [2.05, 4.69) is 27.2 Å². The number of esters is 2. The van der Waals surface area contributed by atoms with Crippen LogP contribution in [0.15, 0.2) is 79.0 Å². The van der Waals surface area contributed by atoms with Crippen molar-refractivity contribution in [2.24, 2.45) is 0 Å². The zero-order chi connectivity index (χ0) is 36.7. The number of carbonyl (C=O) groups is 3. The molecule has 2 atom stereocenters. The van der Waals surface area contributed by atoms with Gasteiger partial charge in [-0.25, -0.2) is 14.6 Å². The number of aryl methyl sites for hydroxylation is 1. The highest BCUT2D eigenvalue weighted by atomic mass is 16.7. The third-order valence-electron chi connectivity index (χ3n) is 8.88. The summed E-state index contributed by atoms with van der Waals surface area (Å²) in [5, 5.41) is 3.97. The molecule has 6 rings (SSSR count). The van der Waals surface area contributed by atoms with Crippen molar-refractivity contribution >= 4 is 28.7 Å². The number of hydrogen-bond acceptors (Lipinski definition) is 8. The van der Waals surface area contributed by atoms with Gasteiger partial charge in [-0.2, -0.15) is 0 Å². The molecule has 11 heteroatoms. The van der Waals surface area contributed by atoms with E-state index in [0.29, 0.717) is 35.0 Å². The summed E-state index contributed by atoms with van der Waals surface area (Å²) >= 11 is 0. The molecule has 0 fully saturated rings. The third kappa shape index (κ3) is 9.01. The smallest absolute Gasteiger partial charge is 0.359 e. The summed E-state index contributed by atoms with van der Waals surface area (Å²) < 4.78 is 22.7. The number of nitrogens with one attached hydrogen (secondary N) is 3. The highest BCUT2D eigenvalue weighted by Gasteiger charge is 2.33. The van der Waals surface area contributed by atoms with Crippen LogP contribution in [0.4, 0.5) is 0 Å². The lowest BCUT2D eigenvalue weighted by Gasteiger charge is -2.23. The van der Waals surface area contributed by atoms with Crippen LogP contribution in [-0.4, -0.2) is 51.2 Å². The maximum absolute atomic E-state index is 14.6.